The van der Waals surface area contributed by atoms with Gasteiger partial charge in [-0.15, -0.1) is 0 Å². The van der Waals surface area contributed by atoms with Gasteiger partial charge in [0.1, 0.15) is 5.60 Å². The lowest BCUT2D eigenvalue weighted by atomic mass is 9.92. The van der Waals surface area contributed by atoms with Crippen molar-refractivity contribution in [2.75, 3.05) is 5.32 Å². The van der Waals surface area contributed by atoms with E-state index < -0.39 is 17.8 Å². The molecular formula is C15H14N2O4. The van der Waals surface area contributed by atoms with E-state index in [-0.39, 0.29) is 0 Å². The number of nitrogens with one attached hydrogen (secondary N) is 1. The Morgan fingerprint density at radius 1 is 1.33 bits per heavy atom. The van der Waals surface area contributed by atoms with E-state index in [2.05, 4.69) is 5.32 Å². The van der Waals surface area contributed by atoms with Gasteiger partial charge in [-0.05, 0) is 43.7 Å². The van der Waals surface area contributed by atoms with Gasteiger partial charge in [-0.25, -0.2) is 9.59 Å². The molecule has 0 spiro atoms. The summed E-state index contributed by atoms with van der Waals surface area (Å²) in [7, 11) is 0. The highest BCUT2D eigenvalue weighted by Crippen LogP contribution is 2.38. The summed E-state index contributed by atoms with van der Waals surface area (Å²) in [6.45, 7) is 3.59. The zero-order valence-electron chi connectivity index (χ0n) is 11.6. The molecule has 1 aromatic heterocycles. The summed E-state index contributed by atoms with van der Waals surface area (Å²) in [6, 6.07) is 8.77. The molecule has 0 bridgehead atoms. The molecule has 2 N–H and O–H groups in total. The molecule has 21 heavy (non-hydrogen) atoms. The first-order valence-corrected chi connectivity index (χ1v) is 6.44. The summed E-state index contributed by atoms with van der Waals surface area (Å²) >= 11 is 0. The average molecular weight is 286 g/mol. The number of rotatable bonds is 1. The van der Waals surface area contributed by atoms with E-state index in [4.69, 9.17) is 4.74 Å². The highest BCUT2D eigenvalue weighted by molar-refractivity contribution is 5.90. The van der Waals surface area contributed by atoms with Crippen LogP contribution in [0.3, 0.4) is 0 Å². The number of amides is 1. The second-order valence-corrected chi connectivity index (χ2v) is 5.33. The summed E-state index contributed by atoms with van der Waals surface area (Å²) in [5.41, 5.74) is 2.02. The predicted molar refractivity (Wildman–Crippen MR) is 76.4 cm³/mol. The number of nitrogens with zero attached hydrogens (tertiary/aromatic N) is 1. The molecule has 6 heteroatoms. The second-order valence-electron chi connectivity index (χ2n) is 5.33. The number of hydrogen-bond acceptors (Lipinski definition) is 3. The van der Waals surface area contributed by atoms with Crippen LogP contribution in [0.5, 0.6) is 0 Å². The van der Waals surface area contributed by atoms with Crippen molar-refractivity contribution in [2.45, 2.75) is 19.4 Å². The fourth-order valence-electron chi connectivity index (χ4n) is 2.52. The standard InChI is InChI=1S/C15H14N2O4/c1-15(2)10-8-9(5-6-11(10)16-13(18)21-15)12-4-3-7-17(12)14(19)20/h3-8H,1-2H3,(H,16,18)(H,19,20). The first-order valence-electron chi connectivity index (χ1n) is 6.44. The van der Waals surface area contributed by atoms with Crippen LogP contribution in [-0.4, -0.2) is 21.9 Å². The first kappa shape index (κ1) is 13.2. The van der Waals surface area contributed by atoms with Gasteiger partial charge in [0.25, 0.3) is 0 Å². The molecule has 0 saturated carbocycles. The molecule has 3 rings (SSSR count). The third-order valence-electron chi connectivity index (χ3n) is 3.50. The van der Waals surface area contributed by atoms with E-state index >= 15 is 0 Å². The van der Waals surface area contributed by atoms with E-state index in [1.807, 2.05) is 6.07 Å². The maximum absolute atomic E-state index is 11.5. The summed E-state index contributed by atoms with van der Waals surface area (Å²) in [6.07, 6.45) is -0.0498. The van der Waals surface area contributed by atoms with Gasteiger partial charge in [0.05, 0.1) is 11.4 Å². The van der Waals surface area contributed by atoms with Crippen LogP contribution < -0.4 is 5.32 Å². The average Bonchev–Trinajstić information content (AvgIpc) is 2.86. The molecule has 1 aliphatic rings. The Hall–Kier alpha value is -2.76. The molecule has 6 nitrogen and oxygen atoms in total. The minimum Gasteiger partial charge on any atom is -0.464 e. The van der Waals surface area contributed by atoms with Crippen molar-refractivity contribution in [2.24, 2.45) is 0 Å². The number of carbonyl (C=O) groups is 2. The maximum Gasteiger partial charge on any atom is 0.415 e. The number of carboxylic acid groups (broad SMARTS) is 1. The minimum atomic E-state index is -1.04. The highest BCUT2D eigenvalue weighted by Gasteiger charge is 2.33. The third-order valence-corrected chi connectivity index (χ3v) is 3.50. The second kappa shape index (κ2) is 4.37. The van der Waals surface area contributed by atoms with E-state index in [1.54, 1.807) is 38.1 Å². The van der Waals surface area contributed by atoms with Crippen molar-refractivity contribution in [3.8, 4) is 11.3 Å². The highest BCUT2D eigenvalue weighted by atomic mass is 16.6. The molecule has 0 atom stereocenters. The van der Waals surface area contributed by atoms with E-state index in [9.17, 15) is 14.7 Å². The minimum absolute atomic E-state index is 0.492. The monoisotopic (exact) mass is 286 g/mol. The van der Waals surface area contributed by atoms with Gasteiger partial charge in [0, 0.05) is 11.8 Å². The number of aromatic nitrogens is 1. The molecule has 1 aromatic carbocycles. The topological polar surface area (TPSA) is 80.6 Å². The molecule has 108 valence electrons. The number of hydrogen-bond donors (Lipinski definition) is 2. The zero-order chi connectivity index (χ0) is 15.2. The van der Waals surface area contributed by atoms with Crippen molar-refractivity contribution in [1.82, 2.24) is 4.57 Å². The summed E-state index contributed by atoms with van der Waals surface area (Å²) in [5.74, 6) is 0. The molecule has 0 fully saturated rings. The Labute approximate surface area is 121 Å². The summed E-state index contributed by atoms with van der Waals surface area (Å²) in [4.78, 5) is 22.7. The van der Waals surface area contributed by atoms with Gasteiger partial charge >= 0.3 is 12.2 Å². The van der Waals surface area contributed by atoms with Crippen molar-refractivity contribution >= 4 is 17.9 Å². The molecule has 0 radical (unpaired) electrons. The van der Waals surface area contributed by atoms with Crippen LogP contribution >= 0.6 is 0 Å². The van der Waals surface area contributed by atoms with E-state index in [1.165, 1.54) is 6.20 Å². The largest absolute Gasteiger partial charge is 0.464 e. The number of benzene rings is 1. The van der Waals surface area contributed by atoms with Crippen LogP contribution in [0.25, 0.3) is 11.3 Å². The molecule has 0 aliphatic carbocycles. The molecule has 1 aliphatic heterocycles. The molecular weight excluding hydrogens is 272 g/mol. The fraction of sp³-hybridized carbons (Fsp3) is 0.200. The first-order chi connectivity index (χ1) is 9.88. The summed E-state index contributed by atoms with van der Waals surface area (Å²) in [5, 5.41) is 11.8. The Morgan fingerprint density at radius 3 is 2.81 bits per heavy atom. The van der Waals surface area contributed by atoms with E-state index in [0.717, 1.165) is 15.7 Å². The molecule has 2 heterocycles. The van der Waals surface area contributed by atoms with Gasteiger partial charge in [0.2, 0.25) is 0 Å². The van der Waals surface area contributed by atoms with Crippen LogP contribution in [-0.2, 0) is 10.3 Å². The number of fused-ring (bicyclic) bond motifs is 1. The maximum atomic E-state index is 11.5. The molecule has 1 amide bonds. The fourth-order valence-corrected chi connectivity index (χ4v) is 2.52. The van der Waals surface area contributed by atoms with Crippen molar-refractivity contribution < 1.29 is 19.4 Å². The van der Waals surface area contributed by atoms with Crippen molar-refractivity contribution in [3.63, 3.8) is 0 Å². The van der Waals surface area contributed by atoms with Gasteiger partial charge in [0.15, 0.2) is 0 Å². The van der Waals surface area contributed by atoms with Crippen LogP contribution in [0.2, 0.25) is 0 Å². The quantitative estimate of drug-likeness (QED) is 0.841. The van der Waals surface area contributed by atoms with Crippen LogP contribution in [0.1, 0.15) is 19.4 Å². The molecule has 0 unspecified atom stereocenters. The van der Waals surface area contributed by atoms with Crippen molar-refractivity contribution in [3.05, 3.63) is 42.1 Å². The molecule has 0 saturated heterocycles. The van der Waals surface area contributed by atoms with Gasteiger partial charge < -0.3 is 9.84 Å². The zero-order valence-corrected chi connectivity index (χ0v) is 11.6. The lowest BCUT2D eigenvalue weighted by Crippen LogP contribution is -2.34. The normalized spacial score (nSPS) is 15.8. The number of carbonyl (C=O) groups excluding carboxylic acids is 1. The smallest absolute Gasteiger partial charge is 0.415 e. The Kier molecular flexibility index (Phi) is 2.76. The van der Waals surface area contributed by atoms with Gasteiger partial charge in [-0.3, -0.25) is 9.88 Å². The van der Waals surface area contributed by atoms with E-state index in [0.29, 0.717) is 11.4 Å². The van der Waals surface area contributed by atoms with Crippen LogP contribution in [0.4, 0.5) is 15.3 Å². The van der Waals surface area contributed by atoms with Crippen LogP contribution in [0, 0.1) is 0 Å². The number of ether oxygens (including phenoxy) is 1. The number of anilines is 1. The lowest BCUT2D eigenvalue weighted by molar-refractivity contribution is 0.0421. The predicted octanol–water partition coefficient (Wildman–Crippen LogP) is 3.48. The van der Waals surface area contributed by atoms with Gasteiger partial charge in [-0.2, -0.15) is 0 Å². The number of cyclic esters (lactones) is 1. The molecule has 2 aromatic rings. The van der Waals surface area contributed by atoms with Gasteiger partial charge in [-0.1, -0.05) is 6.07 Å². The SMILES string of the molecule is CC1(C)OC(=O)Nc2ccc(-c3cccn3C(=O)O)cc21. The lowest BCUT2D eigenvalue weighted by Gasteiger charge is -2.32. The Balaban J connectivity index is 2.14. The van der Waals surface area contributed by atoms with Crippen molar-refractivity contribution in [1.29, 1.82) is 0 Å². The van der Waals surface area contributed by atoms with Crippen LogP contribution in [0.15, 0.2) is 36.5 Å². The third kappa shape index (κ3) is 2.14. The Morgan fingerprint density at radius 2 is 2.10 bits per heavy atom. The summed E-state index contributed by atoms with van der Waals surface area (Å²) < 4.78 is 6.43. The Bertz CT molecular complexity index is 746.